The summed E-state index contributed by atoms with van der Waals surface area (Å²) in [5, 5.41) is 5.41. The molecule has 1 saturated heterocycles. The average Bonchev–Trinajstić information content (AvgIpc) is 3.39. The Morgan fingerprint density at radius 1 is 1.07 bits per heavy atom. The number of hydrogen-bond donors (Lipinski definition) is 2. The van der Waals surface area contributed by atoms with Gasteiger partial charge < -0.3 is 20.1 Å². The molecule has 0 saturated carbocycles. The number of imidazole rings is 1. The van der Waals surface area contributed by atoms with E-state index in [1.807, 2.05) is 27.7 Å². The number of halogens is 1. The number of amides is 3. The fourth-order valence-corrected chi connectivity index (χ4v) is 3.48. The fourth-order valence-electron chi connectivity index (χ4n) is 3.48. The number of fused-ring (bicyclic) bond motifs is 1. The summed E-state index contributed by atoms with van der Waals surface area (Å²) in [4.78, 5) is 30.7. The van der Waals surface area contributed by atoms with Crippen LogP contribution in [0.15, 0.2) is 48.8 Å². The molecule has 0 unspecified atom stereocenters. The van der Waals surface area contributed by atoms with Gasteiger partial charge in [-0.1, -0.05) is 0 Å². The van der Waals surface area contributed by atoms with E-state index in [0.717, 1.165) is 37.0 Å². The molecule has 8 heteroatoms. The third-order valence-electron chi connectivity index (χ3n) is 5.00. The molecule has 150 valence electrons. The van der Waals surface area contributed by atoms with Gasteiger partial charge in [0.15, 0.2) is 0 Å². The van der Waals surface area contributed by atoms with Crippen LogP contribution in [0.3, 0.4) is 0 Å². The molecule has 3 aromatic rings. The molecule has 0 radical (unpaired) electrons. The Labute approximate surface area is 167 Å². The second kappa shape index (κ2) is 8.30. The van der Waals surface area contributed by atoms with Gasteiger partial charge in [0.25, 0.3) is 5.91 Å². The number of carbonyl (C=O) groups excluding carboxylic acids is 2. The zero-order valence-electron chi connectivity index (χ0n) is 15.9. The highest BCUT2D eigenvalue weighted by molar-refractivity contribution is 5.97. The summed E-state index contributed by atoms with van der Waals surface area (Å²) >= 11 is 0. The molecule has 0 aliphatic carbocycles. The van der Waals surface area contributed by atoms with E-state index < -0.39 is 0 Å². The number of carbonyl (C=O) groups is 2. The summed E-state index contributed by atoms with van der Waals surface area (Å²) < 4.78 is 14.8. The molecular formula is C21H22FN5O2. The lowest BCUT2D eigenvalue weighted by Crippen LogP contribution is -2.31. The maximum atomic E-state index is 12.9. The first-order valence-corrected chi connectivity index (χ1v) is 9.65. The van der Waals surface area contributed by atoms with Gasteiger partial charge in [-0.25, -0.2) is 14.2 Å². The van der Waals surface area contributed by atoms with E-state index in [1.165, 1.54) is 24.3 Å². The molecule has 3 amide bonds. The molecule has 1 aliphatic heterocycles. The molecule has 0 bridgehead atoms. The molecule has 29 heavy (non-hydrogen) atoms. The number of rotatable bonds is 5. The van der Waals surface area contributed by atoms with Gasteiger partial charge in [0.05, 0.1) is 17.4 Å². The second-order valence-electron chi connectivity index (χ2n) is 7.03. The molecule has 1 aromatic heterocycles. The molecule has 0 spiro atoms. The van der Waals surface area contributed by atoms with E-state index >= 15 is 0 Å². The Kier molecular flexibility index (Phi) is 5.41. The van der Waals surface area contributed by atoms with Crippen LogP contribution in [-0.2, 0) is 6.54 Å². The first kappa shape index (κ1) is 18.9. The SMILES string of the molecule is O=C(NCCn1cnc2cc(C(=O)N3CCCC3)ccc21)Nc1ccc(F)cc1. The van der Waals surface area contributed by atoms with Crippen LogP contribution < -0.4 is 10.6 Å². The zero-order chi connectivity index (χ0) is 20.2. The standard InChI is InChI=1S/C21H22FN5O2/c22-16-4-6-17(7-5-16)25-21(29)23-9-12-27-14-24-18-13-15(3-8-19(18)27)20(28)26-10-1-2-11-26/h3-8,13-14H,1-2,9-12H2,(H2,23,25,29). The lowest BCUT2D eigenvalue weighted by atomic mass is 10.1. The number of nitrogens with one attached hydrogen (secondary N) is 2. The van der Waals surface area contributed by atoms with Crippen molar-refractivity contribution in [3.63, 3.8) is 0 Å². The molecule has 1 aliphatic rings. The van der Waals surface area contributed by atoms with Gasteiger partial charge in [0, 0.05) is 37.4 Å². The minimum atomic E-state index is -0.362. The van der Waals surface area contributed by atoms with Gasteiger partial charge in [0.2, 0.25) is 0 Å². The molecule has 0 atom stereocenters. The number of nitrogens with zero attached hydrogens (tertiary/aromatic N) is 3. The first-order valence-electron chi connectivity index (χ1n) is 9.65. The van der Waals surface area contributed by atoms with Crippen molar-refractivity contribution >= 4 is 28.7 Å². The van der Waals surface area contributed by atoms with Crippen LogP contribution in [0, 0.1) is 5.82 Å². The number of urea groups is 1. The van der Waals surface area contributed by atoms with Crippen molar-refractivity contribution in [1.82, 2.24) is 19.8 Å². The summed E-state index contributed by atoms with van der Waals surface area (Å²) in [7, 11) is 0. The molecule has 2 aromatic carbocycles. The normalized spacial score (nSPS) is 13.6. The minimum Gasteiger partial charge on any atom is -0.339 e. The Morgan fingerprint density at radius 3 is 2.59 bits per heavy atom. The third kappa shape index (κ3) is 4.37. The van der Waals surface area contributed by atoms with Crippen molar-refractivity contribution in [2.24, 2.45) is 0 Å². The van der Waals surface area contributed by atoms with Gasteiger partial charge in [0.1, 0.15) is 5.82 Å². The van der Waals surface area contributed by atoms with Gasteiger partial charge in [-0.05, 0) is 55.3 Å². The maximum Gasteiger partial charge on any atom is 0.319 e. The van der Waals surface area contributed by atoms with E-state index in [9.17, 15) is 14.0 Å². The summed E-state index contributed by atoms with van der Waals surface area (Å²) in [6.45, 7) is 2.56. The van der Waals surface area contributed by atoms with Crippen molar-refractivity contribution in [2.45, 2.75) is 19.4 Å². The summed E-state index contributed by atoms with van der Waals surface area (Å²) in [6.07, 6.45) is 3.82. The Hall–Kier alpha value is -3.42. The van der Waals surface area contributed by atoms with Crippen molar-refractivity contribution in [2.75, 3.05) is 25.0 Å². The summed E-state index contributed by atoms with van der Waals surface area (Å²) in [6, 6.07) is 10.8. The average molecular weight is 395 g/mol. The number of aromatic nitrogens is 2. The van der Waals surface area contributed by atoms with Crippen LogP contribution in [-0.4, -0.2) is 46.0 Å². The zero-order valence-corrected chi connectivity index (χ0v) is 15.9. The predicted molar refractivity (Wildman–Crippen MR) is 108 cm³/mol. The molecule has 7 nitrogen and oxygen atoms in total. The Bertz CT molecular complexity index is 1030. The van der Waals surface area contributed by atoms with Crippen molar-refractivity contribution < 1.29 is 14.0 Å². The van der Waals surface area contributed by atoms with E-state index in [-0.39, 0.29) is 17.8 Å². The van der Waals surface area contributed by atoms with Crippen LogP contribution in [0.4, 0.5) is 14.9 Å². The fraction of sp³-hybridized carbons (Fsp3) is 0.286. The number of anilines is 1. The van der Waals surface area contributed by atoms with E-state index in [4.69, 9.17) is 0 Å². The van der Waals surface area contributed by atoms with E-state index in [1.54, 1.807) is 6.33 Å². The highest BCUT2D eigenvalue weighted by Gasteiger charge is 2.20. The van der Waals surface area contributed by atoms with E-state index in [0.29, 0.717) is 24.3 Å². The van der Waals surface area contributed by atoms with Crippen LogP contribution in [0.1, 0.15) is 23.2 Å². The topological polar surface area (TPSA) is 79.3 Å². The van der Waals surface area contributed by atoms with Gasteiger partial charge in [-0.3, -0.25) is 4.79 Å². The van der Waals surface area contributed by atoms with Gasteiger partial charge in [-0.2, -0.15) is 0 Å². The van der Waals surface area contributed by atoms with Crippen LogP contribution in [0.25, 0.3) is 11.0 Å². The van der Waals surface area contributed by atoms with Crippen molar-refractivity contribution in [3.05, 3.63) is 60.2 Å². The van der Waals surface area contributed by atoms with Crippen LogP contribution in [0.5, 0.6) is 0 Å². The summed E-state index contributed by atoms with van der Waals surface area (Å²) in [5.74, 6) is -0.300. The minimum absolute atomic E-state index is 0.0538. The smallest absolute Gasteiger partial charge is 0.319 e. The highest BCUT2D eigenvalue weighted by Crippen LogP contribution is 2.18. The first-order chi connectivity index (χ1) is 14.1. The molecule has 1 fully saturated rings. The lowest BCUT2D eigenvalue weighted by molar-refractivity contribution is 0.0793. The van der Waals surface area contributed by atoms with Gasteiger partial charge >= 0.3 is 6.03 Å². The molecule has 2 N–H and O–H groups in total. The monoisotopic (exact) mass is 395 g/mol. The van der Waals surface area contributed by atoms with E-state index in [2.05, 4.69) is 15.6 Å². The maximum absolute atomic E-state index is 12.9. The lowest BCUT2D eigenvalue weighted by Gasteiger charge is -2.15. The number of hydrogen-bond acceptors (Lipinski definition) is 3. The largest absolute Gasteiger partial charge is 0.339 e. The Balaban J connectivity index is 1.34. The summed E-state index contributed by atoms with van der Waals surface area (Å²) in [5.41, 5.74) is 2.84. The van der Waals surface area contributed by atoms with Crippen molar-refractivity contribution in [1.29, 1.82) is 0 Å². The molecular weight excluding hydrogens is 373 g/mol. The Morgan fingerprint density at radius 2 is 1.83 bits per heavy atom. The predicted octanol–water partition coefficient (Wildman–Crippen LogP) is 3.23. The van der Waals surface area contributed by atoms with Crippen molar-refractivity contribution in [3.8, 4) is 0 Å². The van der Waals surface area contributed by atoms with Crippen LogP contribution >= 0.6 is 0 Å². The van der Waals surface area contributed by atoms with Crippen LogP contribution in [0.2, 0.25) is 0 Å². The highest BCUT2D eigenvalue weighted by atomic mass is 19.1. The number of likely N-dealkylation sites (tertiary alicyclic amines) is 1. The number of benzene rings is 2. The third-order valence-corrected chi connectivity index (χ3v) is 5.00. The van der Waals surface area contributed by atoms with Gasteiger partial charge in [-0.15, -0.1) is 0 Å². The second-order valence-corrected chi connectivity index (χ2v) is 7.03. The molecule has 4 rings (SSSR count). The molecule has 2 heterocycles. The quantitative estimate of drug-likeness (QED) is 0.696.